The molecule has 0 saturated heterocycles. The molecular weight excluding hydrogens is 318 g/mol. The summed E-state index contributed by atoms with van der Waals surface area (Å²) in [5.74, 6) is -2.87. The smallest absolute Gasteiger partial charge is 0.434 e. The van der Waals surface area contributed by atoms with E-state index in [4.69, 9.17) is 16.7 Å². The van der Waals surface area contributed by atoms with Crippen LogP contribution in [-0.2, 0) is 0 Å². The third-order valence-corrected chi connectivity index (χ3v) is 2.25. The number of carboxylic acids is 1. The molecule has 0 aliphatic rings. The number of carboxylic acid groups (broad SMARTS) is 1. The van der Waals surface area contributed by atoms with Gasteiger partial charge in [0.2, 0.25) is 0 Å². The van der Waals surface area contributed by atoms with Gasteiger partial charge in [-0.1, -0.05) is 11.6 Å². The second-order valence-corrected chi connectivity index (χ2v) is 3.96. The Morgan fingerprint density at radius 1 is 1.15 bits per heavy atom. The van der Waals surface area contributed by atoms with Gasteiger partial charge in [0.1, 0.15) is 11.3 Å². The largest absolute Gasteiger partial charge is 0.478 e. The Kier molecular flexibility index (Phi) is 4.42. The highest BCUT2D eigenvalue weighted by atomic mass is 35.5. The number of hydrogen-bond acceptors (Lipinski definition) is 2. The maximum Gasteiger partial charge on any atom is 0.434 e. The monoisotopic (exact) mass is 322 g/mol. The van der Waals surface area contributed by atoms with Crippen molar-refractivity contribution in [2.24, 2.45) is 0 Å². The van der Waals surface area contributed by atoms with E-state index in [0.717, 1.165) is 12.1 Å². The van der Waals surface area contributed by atoms with E-state index in [0.29, 0.717) is 6.07 Å². The predicted octanol–water partition coefficient (Wildman–Crippen LogP) is 3.91. The molecule has 0 aliphatic carbocycles. The molecular formula is C10H5ClF6O3. The van der Waals surface area contributed by atoms with Crippen molar-refractivity contribution in [3.8, 4) is 5.75 Å². The molecule has 1 aromatic rings. The number of alkyl halides is 6. The van der Waals surface area contributed by atoms with Gasteiger partial charge in [-0.25, -0.2) is 4.79 Å². The molecule has 0 heterocycles. The van der Waals surface area contributed by atoms with E-state index in [2.05, 4.69) is 4.74 Å². The first kappa shape index (κ1) is 16.4. The molecule has 0 unspecified atom stereocenters. The molecule has 1 N–H and O–H groups in total. The number of halogens is 7. The van der Waals surface area contributed by atoms with Gasteiger partial charge < -0.3 is 9.84 Å². The van der Waals surface area contributed by atoms with E-state index in [1.54, 1.807) is 0 Å². The summed E-state index contributed by atoms with van der Waals surface area (Å²) >= 11 is 5.40. The van der Waals surface area contributed by atoms with Crippen LogP contribution in [0.4, 0.5) is 26.3 Å². The number of rotatable bonds is 3. The van der Waals surface area contributed by atoms with Crippen LogP contribution in [0.3, 0.4) is 0 Å². The Hall–Kier alpha value is -1.64. The predicted molar refractivity (Wildman–Crippen MR) is 54.9 cm³/mol. The molecule has 10 heteroatoms. The van der Waals surface area contributed by atoms with Crippen LogP contribution in [0.25, 0.3) is 0 Å². The number of hydrogen-bond donors (Lipinski definition) is 1. The number of carbonyl (C=O) groups is 1. The van der Waals surface area contributed by atoms with Crippen molar-refractivity contribution >= 4 is 17.6 Å². The van der Waals surface area contributed by atoms with Crippen molar-refractivity contribution in [3.05, 3.63) is 28.8 Å². The van der Waals surface area contributed by atoms with Crippen LogP contribution in [0.15, 0.2) is 18.2 Å². The highest BCUT2D eigenvalue weighted by molar-refractivity contribution is 6.30. The molecule has 0 spiro atoms. The van der Waals surface area contributed by atoms with Crippen molar-refractivity contribution in [2.45, 2.75) is 18.5 Å². The van der Waals surface area contributed by atoms with Crippen molar-refractivity contribution in [3.63, 3.8) is 0 Å². The maximum atomic E-state index is 12.3. The Balaban J connectivity index is 3.24. The van der Waals surface area contributed by atoms with Crippen molar-refractivity contribution in [2.75, 3.05) is 0 Å². The number of aromatic carboxylic acids is 1. The minimum atomic E-state index is -5.75. The summed E-state index contributed by atoms with van der Waals surface area (Å²) in [6.07, 6.45) is -15.7. The van der Waals surface area contributed by atoms with E-state index in [1.807, 2.05) is 0 Å². The van der Waals surface area contributed by atoms with Gasteiger partial charge in [-0.2, -0.15) is 26.3 Å². The molecule has 0 bridgehead atoms. The van der Waals surface area contributed by atoms with Crippen LogP contribution in [0.1, 0.15) is 10.4 Å². The van der Waals surface area contributed by atoms with E-state index >= 15 is 0 Å². The van der Waals surface area contributed by atoms with E-state index in [9.17, 15) is 31.1 Å². The van der Waals surface area contributed by atoms with Crippen LogP contribution >= 0.6 is 11.6 Å². The summed E-state index contributed by atoms with van der Waals surface area (Å²) in [7, 11) is 0. The molecule has 0 aliphatic heterocycles. The summed E-state index contributed by atoms with van der Waals surface area (Å²) in [4.78, 5) is 10.7. The first-order valence-electron chi connectivity index (χ1n) is 4.76. The lowest BCUT2D eigenvalue weighted by atomic mass is 10.2. The van der Waals surface area contributed by atoms with Gasteiger partial charge in [-0.15, -0.1) is 0 Å². The fraction of sp³-hybridized carbons (Fsp3) is 0.300. The van der Waals surface area contributed by atoms with Gasteiger partial charge in [0.05, 0.1) is 0 Å². The first-order chi connectivity index (χ1) is 8.93. The summed E-state index contributed by atoms with van der Waals surface area (Å²) in [6, 6.07) is 2.30. The number of ether oxygens (including phenoxy) is 1. The van der Waals surface area contributed by atoms with Gasteiger partial charge in [-0.05, 0) is 18.2 Å². The Labute approximate surface area is 112 Å². The van der Waals surface area contributed by atoms with Gasteiger partial charge in [0.15, 0.2) is 0 Å². The molecule has 0 amide bonds. The fourth-order valence-corrected chi connectivity index (χ4v) is 1.38. The Morgan fingerprint density at radius 3 is 2.05 bits per heavy atom. The summed E-state index contributed by atoms with van der Waals surface area (Å²) in [5, 5.41) is 8.42. The SMILES string of the molecule is O=C(O)c1ccc(Cl)cc1OC(C(F)(F)F)C(F)(F)F. The molecule has 112 valence electrons. The molecule has 0 aromatic heterocycles. The van der Waals surface area contributed by atoms with Crippen molar-refractivity contribution in [1.82, 2.24) is 0 Å². The van der Waals surface area contributed by atoms with Crippen LogP contribution in [0.5, 0.6) is 5.75 Å². The first-order valence-corrected chi connectivity index (χ1v) is 5.13. The zero-order chi connectivity index (χ0) is 15.7. The fourth-order valence-electron chi connectivity index (χ4n) is 1.22. The third-order valence-electron chi connectivity index (χ3n) is 2.01. The van der Waals surface area contributed by atoms with Crippen molar-refractivity contribution < 1.29 is 41.0 Å². The van der Waals surface area contributed by atoms with Crippen LogP contribution in [0, 0.1) is 0 Å². The van der Waals surface area contributed by atoms with E-state index < -0.39 is 35.7 Å². The average Bonchev–Trinajstić information content (AvgIpc) is 2.22. The highest BCUT2D eigenvalue weighted by Gasteiger charge is 2.59. The van der Waals surface area contributed by atoms with Gasteiger partial charge in [0.25, 0.3) is 6.10 Å². The maximum absolute atomic E-state index is 12.3. The topological polar surface area (TPSA) is 46.5 Å². The molecule has 0 saturated carbocycles. The minimum Gasteiger partial charge on any atom is -0.478 e. The Morgan fingerprint density at radius 2 is 1.65 bits per heavy atom. The second-order valence-electron chi connectivity index (χ2n) is 3.53. The molecule has 0 radical (unpaired) electrons. The minimum absolute atomic E-state index is 0.270. The summed E-state index contributed by atoms with van der Waals surface area (Å²) in [5.41, 5.74) is -0.868. The van der Waals surface area contributed by atoms with Gasteiger partial charge in [-0.3, -0.25) is 0 Å². The summed E-state index contributed by atoms with van der Waals surface area (Å²) < 4.78 is 77.7. The lowest BCUT2D eigenvalue weighted by Crippen LogP contribution is -2.46. The normalized spacial score (nSPS) is 12.6. The lowest BCUT2D eigenvalue weighted by molar-refractivity contribution is -0.299. The zero-order valence-electron chi connectivity index (χ0n) is 9.22. The quantitative estimate of drug-likeness (QED) is 0.858. The standard InChI is InChI=1S/C10H5ClF6O3/c11-4-1-2-5(7(18)19)6(3-4)20-8(9(12,13)14)10(15,16)17/h1-3,8H,(H,18,19). The molecule has 20 heavy (non-hydrogen) atoms. The number of benzene rings is 1. The van der Waals surface area contributed by atoms with Crippen LogP contribution < -0.4 is 4.74 Å². The zero-order valence-corrected chi connectivity index (χ0v) is 9.97. The third kappa shape index (κ3) is 3.92. The summed E-state index contributed by atoms with van der Waals surface area (Å²) in [6.45, 7) is 0. The molecule has 0 fully saturated rings. The van der Waals surface area contributed by atoms with Gasteiger partial charge in [0, 0.05) is 5.02 Å². The molecule has 1 rings (SSSR count). The lowest BCUT2D eigenvalue weighted by Gasteiger charge is -2.24. The molecule has 1 aromatic carbocycles. The Bertz CT molecular complexity index is 497. The molecule has 0 atom stereocenters. The highest BCUT2D eigenvalue weighted by Crippen LogP contribution is 2.37. The second kappa shape index (κ2) is 5.39. The average molecular weight is 323 g/mol. The van der Waals surface area contributed by atoms with Gasteiger partial charge >= 0.3 is 18.3 Å². The van der Waals surface area contributed by atoms with E-state index in [-0.39, 0.29) is 5.02 Å². The van der Waals surface area contributed by atoms with E-state index in [1.165, 1.54) is 0 Å². The van der Waals surface area contributed by atoms with Crippen LogP contribution in [-0.4, -0.2) is 29.5 Å². The van der Waals surface area contributed by atoms with Crippen LogP contribution in [0.2, 0.25) is 5.02 Å². The van der Waals surface area contributed by atoms with Crippen molar-refractivity contribution in [1.29, 1.82) is 0 Å². The molecule has 3 nitrogen and oxygen atoms in total.